The van der Waals surface area contributed by atoms with Crippen LogP contribution in [0.3, 0.4) is 0 Å². The number of ether oxygens (including phenoxy) is 1. The van der Waals surface area contributed by atoms with Gasteiger partial charge in [-0.05, 0) is 62.7 Å². The third-order valence-electron chi connectivity index (χ3n) is 2.75. The van der Waals surface area contributed by atoms with E-state index in [1.807, 2.05) is 25.2 Å². The first-order valence-electron chi connectivity index (χ1n) is 5.52. The molecule has 6 heteroatoms. The van der Waals surface area contributed by atoms with Gasteiger partial charge in [-0.3, -0.25) is 0 Å². The third kappa shape index (κ3) is 3.34. The molecule has 1 aromatic heterocycles. The summed E-state index contributed by atoms with van der Waals surface area (Å²) in [7, 11) is 3.56. The fourth-order valence-electron chi connectivity index (χ4n) is 1.83. The lowest BCUT2D eigenvalue weighted by molar-refractivity contribution is 0.414. The lowest BCUT2D eigenvalue weighted by atomic mass is 10.1. The van der Waals surface area contributed by atoms with Gasteiger partial charge in [0.1, 0.15) is 5.75 Å². The normalized spacial score (nSPS) is 12.5. The Bertz CT molecular complexity index is 569. The molecule has 2 aromatic rings. The first kappa shape index (κ1) is 15.3. The van der Waals surface area contributed by atoms with Gasteiger partial charge < -0.3 is 10.1 Å². The number of hydrogen-bond acceptors (Lipinski definition) is 3. The van der Waals surface area contributed by atoms with Crippen molar-refractivity contribution in [1.82, 2.24) is 5.32 Å². The van der Waals surface area contributed by atoms with Crippen molar-refractivity contribution in [2.75, 3.05) is 14.2 Å². The van der Waals surface area contributed by atoms with E-state index in [4.69, 9.17) is 16.3 Å². The van der Waals surface area contributed by atoms with Crippen LogP contribution in [0.25, 0.3) is 0 Å². The Morgan fingerprint density at radius 2 is 2.05 bits per heavy atom. The van der Waals surface area contributed by atoms with Gasteiger partial charge in [0, 0.05) is 9.35 Å². The van der Waals surface area contributed by atoms with Gasteiger partial charge in [0.2, 0.25) is 0 Å². The van der Waals surface area contributed by atoms with Gasteiger partial charge in [0.15, 0.2) is 0 Å². The summed E-state index contributed by atoms with van der Waals surface area (Å²) < 4.78 is 7.42. The molecule has 0 aliphatic carbocycles. The molecule has 0 amide bonds. The van der Waals surface area contributed by atoms with Crippen LogP contribution in [0.1, 0.15) is 16.5 Å². The smallest absolute Gasteiger partial charge is 0.137 e. The minimum atomic E-state index is 0.110. The largest absolute Gasteiger partial charge is 0.495 e. The standard InChI is InChI=1S/C13H12Br2ClNOS/c1-17-12(11-6-8(14)13(15)19-11)7-3-4-9(16)10(5-7)18-2/h3-6,12,17H,1-2H3. The van der Waals surface area contributed by atoms with Crippen molar-refractivity contribution in [3.05, 3.63) is 48.0 Å². The van der Waals surface area contributed by atoms with Gasteiger partial charge in [-0.25, -0.2) is 0 Å². The zero-order valence-corrected chi connectivity index (χ0v) is 15.1. The average molecular weight is 426 g/mol. The average Bonchev–Trinajstić information content (AvgIpc) is 2.72. The molecule has 1 unspecified atom stereocenters. The van der Waals surface area contributed by atoms with E-state index < -0.39 is 0 Å². The summed E-state index contributed by atoms with van der Waals surface area (Å²) in [6.07, 6.45) is 0. The molecule has 1 heterocycles. The van der Waals surface area contributed by atoms with Crippen LogP contribution in [0.4, 0.5) is 0 Å². The quantitative estimate of drug-likeness (QED) is 0.723. The summed E-state index contributed by atoms with van der Waals surface area (Å²) >= 11 is 14.8. The Hall–Kier alpha value is -0.0700. The molecule has 0 saturated carbocycles. The van der Waals surface area contributed by atoms with E-state index in [1.165, 1.54) is 4.88 Å². The zero-order chi connectivity index (χ0) is 14.0. The highest BCUT2D eigenvalue weighted by molar-refractivity contribution is 9.13. The zero-order valence-electron chi connectivity index (χ0n) is 10.3. The Labute approximate surface area is 138 Å². The van der Waals surface area contributed by atoms with Gasteiger partial charge in [0.25, 0.3) is 0 Å². The second-order valence-electron chi connectivity index (χ2n) is 3.89. The van der Waals surface area contributed by atoms with Crippen molar-refractivity contribution in [2.45, 2.75) is 6.04 Å². The molecule has 1 N–H and O–H groups in total. The molecule has 0 aliphatic rings. The molecule has 0 spiro atoms. The Balaban J connectivity index is 2.41. The van der Waals surface area contributed by atoms with E-state index >= 15 is 0 Å². The summed E-state index contributed by atoms with van der Waals surface area (Å²) in [6.45, 7) is 0. The summed E-state index contributed by atoms with van der Waals surface area (Å²) in [5.74, 6) is 0.689. The minimum Gasteiger partial charge on any atom is -0.495 e. The highest BCUT2D eigenvalue weighted by atomic mass is 79.9. The molecule has 102 valence electrons. The number of halogens is 3. The first-order valence-corrected chi connectivity index (χ1v) is 8.30. The molecule has 0 radical (unpaired) electrons. The summed E-state index contributed by atoms with van der Waals surface area (Å²) in [6, 6.07) is 8.05. The number of nitrogens with one attached hydrogen (secondary N) is 1. The number of hydrogen-bond donors (Lipinski definition) is 1. The molecular formula is C13H12Br2ClNOS. The summed E-state index contributed by atoms with van der Waals surface area (Å²) in [5, 5.41) is 3.94. The molecule has 0 saturated heterocycles. The van der Waals surface area contributed by atoms with Gasteiger partial charge in [-0.15, -0.1) is 11.3 Å². The van der Waals surface area contributed by atoms with E-state index in [0.29, 0.717) is 10.8 Å². The lowest BCUT2D eigenvalue weighted by Crippen LogP contribution is -2.16. The monoisotopic (exact) mass is 423 g/mol. The molecule has 2 nitrogen and oxygen atoms in total. The van der Waals surface area contributed by atoms with Crippen LogP contribution in [-0.2, 0) is 0 Å². The maximum Gasteiger partial charge on any atom is 0.137 e. The fraction of sp³-hybridized carbons (Fsp3) is 0.231. The molecular weight excluding hydrogens is 413 g/mol. The van der Waals surface area contributed by atoms with Crippen molar-refractivity contribution in [1.29, 1.82) is 0 Å². The second kappa shape index (κ2) is 6.59. The van der Waals surface area contributed by atoms with Crippen LogP contribution >= 0.6 is 54.8 Å². The summed E-state index contributed by atoms with van der Waals surface area (Å²) in [4.78, 5) is 1.21. The van der Waals surface area contributed by atoms with Crippen LogP contribution in [0.2, 0.25) is 5.02 Å². The van der Waals surface area contributed by atoms with Crippen LogP contribution in [0, 0.1) is 0 Å². The molecule has 2 rings (SSSR count). The van der Waals surface area contributed by atoms with E-state index in [0.717, 1.165) is 13.8 Å². The van der Waals surface area contributed by atoms with Gasteiger partial charge in [0.05, 0.1) is 22.0 Å². The maximum absolute atomic E-state index is 6.06. The Morgan fingerprint density at radius 3 is 2.58 bits per heavy atom. The Kier molecular flexibility index (Phi) is 5.31. The molecule has 0 bridgehead atoms. The third-order valence-corrected chi connectivity index (χ3v) is 6.38. The topological polar surface area (TPSA) is 21.3 Å². The molecule has 0 aliphatic heterocycles. The van der Waals surface area contributed by atoms with Crippen LogP contribution in [-0.4, -0.2) is 14.2 Å². The first-order chi connectivity index (χ1) is 9.06. The van der Waals surface area contributed by atoms with Crippen LogP contribution < -0.4 is 10.1 Å². The maximum atomic E-state index is 6.06. The number of benzene rings is 1. The molecule has 19 heavy (non-hydrogen) atoms. The van der Waals surface area contributed by atoms with E-state index in [2.05, 4.69) is 43.2 Å². The molecule has 0 fully saturated rings. The van der Waals surface area contributed by atoms with Crippen molar-refractivity contribution >= 4 is 54.8 Å². The van der Waals surface area contributed by atoms with Crippen molar-refractivity contribution < 1.29 is 4.74 Å². The van der Waals surface area contributed by atoms with Crippen molar-refractivity contribution in [3.63, 3.8) is 0 Å². The number of rotatable bonds is 4. The molecule has 1 aromatic carbocycles. The number of thiophene rings is 1. The van der Waals surface area contributed by atoms with Crippen molar-refractivity contribution in [3.8, 4) is 5.75 Å². The lowest BCUT2D eigenvalue weighted by Gasteiger charge is -2.16. The second-order valence-corrected chi connectivity index (χ2v) is 7.55. The van der Waals surface area contributed by atoms with E-state index in [1.54, 1.807) is 18.4 Å². The van der Waals surface area contributed by atoms with Gasteiger partial charge in [-0.2, -0.15) is 0 Å². The predicted octanol–water partition coefficient (Wildman–Crippen LogP) is 5.24. The van der Waals surface area contributed by atoms with Gasteiger partial charge in [-0.1, -0.05) is 17.7 Å². The van der Waals surface area contributed by atoms with E-state index in [-0.39, 0.29) is 6.04 Å². The Morgan fingerprint density at radius 1 is 1.32 bits per heavy atom. The van der Waals surface area contributed by atoms with Crippen LogP contribution in [0.15, 0.2) is 32.5 Å². The van der Waals surface area contributed by atoms with Crippen molar-refractivity contribution in [2.24, 2.45) is 0 Å². The van der Waals surface area contributed by atoms with Gasteiger partial charge >= 0.3 is 0 Å². The number of methoxy groups -OCH3 is 1. The summed E-state index contributed by atoms with van der Waals surface area (Å²) in [5.41, 5.74) is 1.12. The van der Waals surface area contributed by atoms with Crippen LogP contribution in [0.5, 0.6) is 5.75 Å². The highest BCUT2D eigenvalue weighted by Gasteiger charge is 2.17. The SMILES string of the molecule is CNC(c1ccc(Cl)c(OC)c1)c1cc(Br)c(Br)s1. The fourth-order valence-corrected chi connectivity index (χ4v) is 4.26. The predicted molar refractivity (Wildman–Crippen MR) is 88.6 cm³/mol. The van der Waals surface area contributed by atoms with E-state index in [9.17, 15) is 0 Å². The minimum absolute atomic E-state index is 0.110. The molecule has 1 atom stereocenters. The highest BCUT2D eigenvalue weighted by Crippen LogP contribution is 2.38.